The molecule has 0 radical (unpaired) electrons. The molecule has 2 aliphatic rings. The summed E-state index contributed by atoms with van der Waals surface area (Å²) < 4.78 is 37.2. The number of hydrogen-bond acceptors (Lipinski definition) is 3. The third-order valence-corrected chi connectivity index (χ3v) is 6.59. The minimum Gasteiger partial charge on any atom is -0.326 e. The number of carbonyl (C=O) groups excluding carboxylic acids is 2. The summed E-state index contributed by atoms with van der Waals surface area (Å²) >= 11 is 6.24. The van der Waals surface area contributed by atoms with E-state index in [-0.39, 0.29) is 12.1 Å². The normalized spacial score (nSPS) is 20.1. The van der Waals surface area contributed by atoms with E-state index < -0.39 is 24.9 Å². The number of piperidine rings is 1. The molecule has 2 saturated heterocycles. The second-order valence-electron chi connectivity index (χ2n) is 9.01. The van der Waals surface area contributed by atoms with Crippen LogP contribution in [-0.2, 0) is 11.3 Å². The summed E-state index contributed by atoms with van der Waals surface area (Å²) in [5.41, 5.74) is 2.10. The standard InChI is InChI=1S/C23H32ClF3N4O2/c1-16-14-29(10-11-31(16)22(33)30-8-4-3-5-9-30)15-18-12-19(24)13-20(17(18)2)28-21(32)6-7-23(25,26)27/h12-13,16H,3-11,14-15H2,1-2H3,(H,28,32)/t16-/m0/s1. The highest BCUT2D eigenvalue weighted by Crippen LogP contribution is 2.28. The number of likely N-dealkylation sites (tertiary alicyclic amines) is 1. The molecule has 184 valence electrons. The van der Waals surface area contributed by atoms with Crippen molar-refractivity contribution in [3.63, 3.8) is 0 Å². The molecule has 1 aromatic rings. The lowest BCUT2D eigenvalue weighted by Crippen LogP contribution is -2.57. The monoisotopic (exact) mass is 488 g/mol. The van der Waals surface area contributed by atoms with Gasteiger partial charge in [0.05, 0.1) is 6.42 Å². The fourth-order valence-electron chi connectivity index (χ4n) is 4.47. The molecular weight excluding hydrogens is 457 g/mol. The van der Waals surface area contributed by atoms with Gasteiger partial charge in [0.15, 0.2) is 0 Å². The van der Waals surface area contributed by atoms with Crippen molar-refractivity contribution in [1.29, 1.82) is 0 Å². The Morgan fingerprint density at radius 2 is 1.82 bits per heavy atom. The maximum atomic E-state index is 12.9. The first kappa shape index (κ1) is 25.6. The van der Waals surface area contributed by atoms with Crippen LogP contribution in [0.4, 0.5) is 23.7 Å². The van der Waals surface area contributed by atoms with Crippen LogP contribution in [0.15, 0.2) is 12.1 Å². The van der Waals surface area contributed by atoms with Gasteiger partial charge in [-0.3, -0.25) is 9.69 Å². The molecule has 10 heteroatoms. The minimum absolute atomic E-state index is 0.0641. The average molecular weight is 489 g/mol. The van der Waals surface area contributed by atoms with Gasteiger partial charge in [-0.25, -0.2) is 4.79 Å². The van der Waals surface area contributed by atoms with E-state index >= 15 is 0 Å². The van der Waals surface area contributed by atoms with Gasteiger partial charge in [-0.15, -0.1) is 0 Å². The molecule has 1 N–H and O–H groups in total. The first-order valence-corrected chi connectivity index (χ1v) is 11.8. The van der Waals surface area contributed by atoms with E-state index in [9.17, 15) is 22.8 Å². The van der Waals surface area contributed by atoms with Crippen LogP contribution in [0.25, 0.3) is 0 Å². The Hall–Kier alpha value is -2.00. The molecule has 1 atom stereocenters. The molecule has 0 spiro atoms. The van der Waals surface area contributed by atoms with Gasteiger partial charge < -0.3 is 15.1 Å². The molecule has 3 rings (SSSR count). The van der Waals surface area contributed by atoms with Gasteiger partial charge >= 0.3 is 12.2 Å². The summed E-state index contributed by atoms with van der Waals surface area (Å²) in [6.07, 6.45) is -2.87. The van der Waals surface area contributed by atoms with E-state index in [0.29, 0.717) is 36.9 Å². The van der Waals surface area contributed by atoms with E-state index in [1.807, 2.05) is 29.7 Å². The number of benzene rings is 1. The third kappa shape index (κ3) is 7.24. The topological polar surface area (TPSA) is 55.9 Å². The van der Waals surface area contributed by atoms with Crippen LogP contribution >= 0.6 is 11.6 Å². The van der Waals surface area contributed by atoms with Crippen LogP contribution in [0, 0.1) is 6.92 Å². The Labute approximate surface area is 198 Å². The van der Waals surface area contributed by atoms with Crippen molar-refractivity contribution >= 4 is 29.2 Å². The first-order valence-electron chi connectivity index (χ1n) is 11.5. The number of rotatable bonds is 5. The number of nitrogens with one attached hydrogen (secondary N) is 1. The molecule has 2 heterocycles. The molecule has 2 fully saturated rings. The summed E-state index contributed by atoms with van der Waals surface area (Å²) in [4.78, 5) is 31.0. The number of carbonyl (C=O) groups is 2. The predicted molar refractivity (Wildman–Crippen MR) is 122 cm³/mol. The van der Waals surface area contributed by atoms with Crippen LogP contribution in [0.2, 0.25) is 5.02 Å². The Balaban J connectivity index is 1.60. The van der Waals surface area contributed by atoms with Crippen LogP contribution < -0.4 is 5.32 Å². The van der Waals surface area contributed by atoms with Gasteiger partial charge in [-0.2, -0.15) is 13.2 Å². The molecule has 2 aliphatic heterocycles. The van der Waals surface area contributed by atoms with Crippen LogP contribution in [0.1, 0.15) is 50.2 Å². The number of piperazine rings is 1. The maximum Gasteiger partial charge on any atom is 0.389 e. The molecule has 1 aromatic carbocycles. The molecule has 6 nitrogen and oxygen atoms in total. The highest BCUT2D eigenvalue weighted by atomic mass is 35.5. The summed E-state index contributed by atoms with van der Waals surface area (Å²) in [5, 5.41) is 2.98. The number of anilines is 1. The van der Waals surface area contributed by atoms with Crippen molar-refractivity contribution in [1.82, 2.24) is 14.7 Å². The average Bonchev–Trinajstić information content (AvgIpc) is 2.75. The quantitative estimate of drug-likeness (QED) is 0.631. The van der Waals surface area contributed by atoms with Crippen molar-refractivity contribution in [3.8, 4) is 0 Å². The zero-order chi connectivity index (χ0) is 24.2. The first-order chi connectivity index (χ1) is 15.5. The van der Waals surface area contributed by atoms with Crippen molar-refractivity contribution in [2.75, 3.05) is 38.0 Å². The SMILES string of the molecule is Cc1c(CN2CCN(C(=O)N3CCCCC3)[C@@H](C)C2)cc(Cl)cc1NC(=O)CCC(F)(F)F. The summed E-state index contributed by atoms with van der Waals surface area (Å²) in [6, 6.07) is 3.56. The van der Waals surface area contributed by atoms with Gasteiger partial charge in [0.1, 0.15) is 0 Å². The lowest BCUT2D eigenvalue weighted by atomic mass is 10.0. The fraction of sp³-hybridized carbons (Fsp3) is 0.652. The Morgan fingerprint density at radius 1 is 1.12 bits per heavy atom. The number of alkyl halides is 3. The number of amides is 3. The fourth-order valence-corrected chi connectivity index (χ4v) is 4.71. The zero-order valence-electron chi connectivity index (χ0n) is 19.2. The lowest BCUT2D eigenvalue weighted by Gasteiger charge is -2.42. The number of nitrogens with zero attached hydrogens (tertiary/aromatic N) is 3. The van der Waals surface area contributed by atoms with Crippen molar-refractivity contribution in [2.45, 2.75) is 64.7 Å². The molecule has 0 bridgehead atoms. The number of urea groups is 1. The van der Waals surface area contributed by atoms with Gasteiger partial charge in [-0.1, -0.05) is 11.6 Å². The zero-order valence-corrected chi connectivity index (χ0v) is 19.9. The van der Waals surface area contributed by atoms with Crippen LogP contribution in [-0.4, -0.2) is 71.6 Å². The Kier molecular flexibility index (Phi) is 8.50. The Morgan fingerprint density at radius 3 is 2.45 bits per heavy atom. The number of halogens is 4. The van der Waals surface area contributed by atoms with Crippen LogP contribution in [0.5, 0.6) is 0 Å². The largest absolute Gasteiger partial charge is 0.389 e. The minimum atomic E-state index is -4.37. The van der Waals surface area contributed by atoms with E-state index in [4.69, 9.17) is 11.6 Å². The predicted octanol–water partition coefficient (Wildman–Crippen LogP) is 5.04. The highest BCUT2D eigenvalue weighted by molar-refractivity contribution is 6.31. The molecule has 0 aromatic heterocycles. The van der Waals surface area contributed by atoms with Gasteiger partial charge in [0, 0.05) is 62.4 Å². The van der Waals surface area contributed by atoms with Crippen LogP contribution in [0.3, 0.4) is 0 Å². The van der Waals surface area contributed by atoms with E-state index in [1.165, 1.54) is 6.42 Å². The third-order valence-electron chi connectivity index (χ3n) is 6.37. The van der Waals surface area contributed by atoms with E-state index in [1.54, 1.807) is 6.07 Å². The lowest BCUT2D eigenvalue weighted by molar-refractivity contribution is -0.142. The summed E-state index contributed by atoms with van der Waals surface area (Å²) in [6.45, 7) is 8.15. The van der Waals surface area contributed by atoms with E-state index in [0.717, 1.165) is 37.1 Å². The van der Waals surface area contributed by atoms with E-state index in [2.05, 4.69) is 10.2 Å². The second-order valence-corrected chi connectivity index (χ2v) is 9.45. The molecule has 0 aliphatic carbocycles. The Bertz CT molecular complexity index is 859. The highest BCUT2D eigenvalue weighted by Gasteiger charge is 2.31. The molecule has 3 amide bonds. The van der Waals surface area contributed by atoms with Gasteiger partial charge in [0.2, 0.25) is 5.91 Å². The number of hydrogen-bond donors (Lipinski definition) is 1. The maximum absolute atomic E-state index is 12.9. The van der Waals surface area contributed by atoms with Crippen molar-refractivity contribution in [3.05, 3.63) is 28.3 Å². The van der Waals surface area contributed by atoms with Crippen molar-refractivity contribution < 1.29 is 22.8 Å². The van der Waals surface area contributed by atoms with Gasteiger partial charge in [0.25, 0.3) is 0 Å². The van der Waals surface area contributed by atoms with Gasteiger partial charge in [-0.05, 0) is 56.4 Å². The molecule has 0 unspecified atom stereocenters. The second kappa shape index (κ2) is 11.0. The summed E-state index contributed by atoms with van der Waals surface area (Å²) in [5.74, 6) is -0.692. The smallest absolute Gasteiger partial charge is 0.326 e. The molecular formula is C23H32ClF3N4O2. The summed E-state index contributed by atoms with van der Waals surface area (Å²) in [7, 11) is 0. The van der Waals surface area contributed by atoms with Crippen molar-refractivity contribution in [2.24, 2.45) is 0 Å². The molecule has 0 saturated carbocycles. The molecule has 33 heavy (non-hydrogen) atoms.